The minimum atomic E-state index is -0.831. The summed E-state index contributed by atoms with van der Waals surface area (Å²) in [6.07, 6.45) is 0. The Morgan fingerprint density at radius 1 is 1.50 bits per heavy atom. The quantitative estimate of drug-likeness (QED) is 0.810. The second-order valence-corrected chi connectivity index (χ2v) is 5.51. The van der Waals surface area contributed by atoms with Gasteiger partial charge in [0.2, 0.25) is 0 Å². The van der Waals surface area contributed by atoms with Gasteiger partial charge in [-0.05, 0) is 32.0 Å². The third-order valence-electron chi connectivity index (χ3n) is 1.68. The Morgan fingerprint density at radius 3 is 2.64 bits per heavy atom. The molecule has 1 N–H and O–H groups in total. The third kappa shape index (κ3) is 2.93. The van der Waals surface area contributed by atoms with Crippen molar-refractivity contribution in [3.63, 3.8) is 0 Å². The number of carboxylic acid groups (broad SMARTS) is 1. The first kappa shape index (κ1) is 11.4. The van der Waals surface area contributed by atoms with Crippen molar-refractivity contribution in [3.05, 3.63) is 29.3 Å². The first-order valence-electron chi connectivity index (χ1n) is 4.10. The van der Waals surface area contributed by atoms with E-state index in [4.69, 9.17) is 16.7 Å². The highest BCUT2D eigenvalue weighted by Crippen LogP contribution is 2.33. The van der Waals surface area contributed by atoms with E-state index in [9.17, 15) is 4.79 Å². The molecule has 0 aliphatic rings. The van der Waals surface area contributed by atoms with E-state index in [1.54, 1.807) is 26.0 Å². The van der Waals surface area contributed by atoms with Crippen LogP contribution in [0.5, 0.6) is 0 Å². The number of rotatable bonds is 3. The van der Waals surface area contributed by atoms with E-state index in [0.717, 1.165) is 4.90 Å². The molecule has 0 saturated heterocycles. The lowest BCUT2D eigenvalue weighted by Crippen LogP contribution is -2.26. The van der Waals surface area contributed by atoms with Crippen LogP contribution in [0.2, 0.25) is 5.02 Å². The van der Waals surface area contributed by atoms with Crippen LogP contribution >= 0.6 is 23.4 Å². The zero-order valence-corrected chi connectivity index (χ0v) is 9.52. The molecule has 1 aromatic rings. The molecule has 2 nitrogen and oxygen atoms in total. The highest BCUT2D eigenvalue weighted by molar-refractivity contribution is 8.01. The second-order valence-electron chi connectivity index (χ2n) is 3.37. The van der Waals surface area contributed by atoms with Gasteiger partial charge in [0.25, 0.3) is 0 Å². The van der Waals surface area contributed by atoms with Gasteiger partial charge in [0.15, 0.2) is 0 Å². The molecular formula is C10H11ClO2S. The van der Waals surface area contributed by atoms with Crippen molar-refractivity contribution in [2.75, 3.05) is 0 Å². The van der Waals surface area contributed by atoms with Gasteiger partial charge in [0.05, 0.1) is 0 Å². The van der Waals surface area contributed by atoms with Crippen molar-refractivity contribution in [3.8, 4) is 0 Å². The van der Waals surface area contributed by atoms with E-state index in [1.807, 2.05) is 12.1 Å². The molecule has 76 valence electrons. The number of thioether (sulfide) groups is 1. The maximum atomic E-state index is 10.9. The van der Waals surface area contributed by atoms with Gasteiger partial charge in [-0.25, -0.2) is 0 Å². The average molecular weight is 231 g/mol. The van der Waals surface area contributed by atoms with E-state index in [0.29, 0.717) is 5.02 Å². The average Bonchev–Trinajstić information content (AvgIpc) is 2.02. The molecule has 0 aliphatic carbocycles. The van der Waals surface area contributed by atoms with Gasteiger partial charge in [0, 0.05) is 9.92 Å². The van der Waals surface area contributed by atoms with Crippen LogP contribution in [-0.4, -0.2) is 15.8 Å². The Balaban J connectivity index is 2.83. The molecule has 0 aliphatic heterocycles. The number of hydrogen-bond acceptors (Lipinski definition) is 2. The van der Waals surface area contributed by atoms with Crippen molar-refractivity contribution in [2.45, 2.75) is 23.5 Å². The van der Waals surface area contributed by atoms with Gasteiger partial charge >= 0.3 is 5.97 Å². The van der Waals surface area contributed by atoms with Gasteiger partial charge < -0.3 is 5.11 Å². The molecule has 0 amide bonds. The van der Waals surface area contributed by atoms with Gasteiger partial charge in [-0.2, -0.15) is 0 Å². The first-order chi connectivity index (χ1) is 6.42. The molecule has 0 saturated carbocycles. The maximum Gasteiger partial charge on any atom is 0.319 e. The number of benzene rings is 1. The summed E-state index contributed by atoms with van der Waals surface area (Å²) in [7, 11) is 0. The minimum absolute atomic E-state index is 0.621. The molecule has 0 spiro atoms. The summed E-state index contributed by atoms with van der Waals surface area (Å²) >= 11 is 7.08. The van der Waals surface area contributed by atoms with Gasteiger partial charge in [-0.1, -0.05) is 17.7 Å². The van der Waals surface area contributed by atoms with Crippen molar-refractivity contribution in [2.24, 2.45) is 0 Å². The minimum Gasteiger partial charge on any atom is -0.480 e. The molecule has 4 heteroatoms. The van der Waals surface area contributed by atoms with Crippen LogP contribution in [0.15, 0.2) is 29.2 Å². The van der Waals surface area contributed by atoms with Crippen molar-refractivity contribution >= 4 is 29.3 Å². The van der Waals surface area contributed by atoms with Crippen LogP contribution in [0, 0.1) is 0 Å². The molecule has 1 rings (SSSR count). The fourth-order valence-electron chi connectivity index (χ4n) is 0.869. The Bertz CT molecular complexity index is 350. The van der Waals surface area contributed by atoms with E-state index < -0.39 is 10.7 Å². The summed E-state index contributed by atoms with van der Waals surface area (Å²) in [5, 5.41) is 9.54. The Morgan fingerprint density at radius 2 is 2.14 bits per heavy atom. The summed E-state index contributed by atoms with van der Waals surface area (Å²) in [6.45, 7) is 3.34. The summed E-state index contributed by atoms with van der Waals surface area (Å²) in [5.41, 5.74) is 0. The number of aliphatic carboxylic acids is 1. The van der Waals surface area contributed by atoms with E-state index in [2.05, 4.69) is 0 Å². The van der Waals surface area contributed by atoms with Gasteiger partial charge in [-0.3, -0.25) is 4.79 Å². The lowest BCUT2D eigenvalue weighted by Gasteiger charge is -2.18. The largest absolute Gasteiger partial charge is 0.480 e. The predicted molar refractivity (Wildman–Crippen MR) is 59.0 cm³/mol. The maximum absolute atomic E-state index is 10.9. The monoisotopic (exact) mass is 230 g/mol. The first-order valence-corrected chi connectivity index (χ1v) is 5.29. The molecule has 0 radical (unpaired) electrons. The molecule has 0 bridgehead atoms. The number of hydrogen-bond donors (Lipinski definition) is 1. The molecule has 0 aromatic heterocycles. The lowest BCUT2D eigenvalue weighted by atomic mass is 10.2. The normalized spacial score (nSPS) is 11.4. The van der Waals surface area contributed by atoms with Crippen LogP contribution in [0.3, 0.4) is 0 Å². The van der Waals surface area contributed by atoms with Crippen LogP contribution < -0.4 is 0 Å². The molecule has 14 heavy (non-hydrogen) atoms. The van der Waals surface area contributed by atoms with Crippen molar-refractivity contribution < 1.29 is 9.90 Å². The van der Waals surface area contributed by atoms with Gasteiger partial charge in [-0.15, -0.1) is 11.8 Å². The van der Waals surface area contributed by atoms with Crippen molar-refractivity contribution in [1.82, 2.24) is 0 Å². The number of halogens is 1. The smallest absolute Gasteiger partial charge is 0.319 e. The molecule has 0 atom stereocenters. The summed E-state index contributed by atoms with van der Waals surface area (Å²) < 4.78 is -0.829. The topological polar surface area (TPSA) is 37.3 Å². The van der Waals surface area contributed by atoms with Crippen LogP contribution in [0.4, 0.5) is 0 Å². The highest BCUT2D eigenvalue weighted by Gasteiger charge is 2.28. The summed E-state index contributed by atoms with van der Waals surface area (Å²) in [6, 6.07) is 7.18. The van der Waals surface area contributed by atoms with Crippen LogP contribution in [0.25, 0.3) is 0 Å². The molecule has 1 aromatic carbocycles. The second kappa shape index (κ2) is 4.24. The summed E-state index contributed by atoms with van der Waals surface area (Å²) in [5.74, 6) is -0.831. The standard InChI is InChI=1S/C10H11ClO2S/c1-10(2,9(12)13)14-8-5-3-4-7(11)6-8/h3-6H,1-2H3,(H,12,13). The predicted octanol–water partition coefficient (Wildman–Crippen LogP) is 3.30. The third-order valence-corrected chi connectivity index (χ3v) is 3.09. The number of carboxylic acids is 1. The summed E-state index contributed by atoms with van der Waals surface area (Å²) in [4.78, 5) is 11.7. The zero-order chi connectivity index (χ0) is 10.8. The van der Waals surface area contributed by atoms with E-state index in [-0.39, 0.29) is 0 Å². The molecule has 0 fully saturated rings. The Hall–Kier alpha value is -0.670. The highest BCUT2D eigenvalue weighted by atomic mass is 35.5. The fourth-order valence-corrected chi connectivity index (χ4v) is 2.13. The Kier molecular flexibility index (Phi) is 3.45. The SMILES string of the molecule is CC(C)(Sc1cccc(Cl)c1)C(=O)O. The molecule has 0 heterocycles. The van der Waals surface area contributed by atoms with E-state index >= 15 is 0 Å². The zero-order valence-electron chi connectivity index (χ0n) is 7.95. The van der Waals surface area contributed by atoms with Gasteiger partial charge in [0.1, 0.15) is 4.75 Å². The molecule has 0 unspecified atom stereocenters. The van der Waals surface area contributed by atoms with Crippen molar-refractivity contribution in [1.29, 1.82) is 0 Å². The van der Waals surface area contributed by atoms with Crippen LogP contribution in [-0.2, 0) is 4.79 Å². The lowest BCUT2D eigenvalue weighted by molar-refractivity contribution is -0.138. The van der Waals surface area contributed by atoms with E-state index in [1.165, 1.54) is 11.8 Å². The van der Waals surface area contributed by atoms with Crippen LogP contribution in [0.1, 0.15) is 13.8 Å². The fraction of sp³-hybridized carbons (Fsp3) is 0.300. The molecular weight excluding hydrogens is 220 g/mol. The number of carbonyl (C=O) groups is 1. The Labute approximate surface area is 92.3 Å².